The number of nitrogens with one attached hydrogen (secondary N) is 1. The van der Waals surface area contributed by atoms with E-state index in [1.807, 2.05) is 24.3 Å². The van der Waals surface area contributed by atoms with Crippen LogP contribution in [0.25, 0.3) is 0 Å². The Bertz CT molecular complexity index is 407. The van der Waals surface area contributed by atoms with Gasteiger partial charge in [0.25, 0.3) is 0 Å². The number of anilines is 1. The standard InChI is InChI=1S/C17H27NO3/c1-13(11-12-20-2)18-14-7-9-15(10-8-14)21-17-6-4-3-5-16(17)19/h7-10,13,16-19H,3-6,11-12H2,1-2H3. The quantitative estimate of drug-likeness (QED) is 0.810. The molecule has 1 aromatic rings. The number of ether oxygens (including phenoxy) is 2. The minimum atomic E-state index is -0.328. The van der Waals surface area contributed by atoms with Gasteiger partial charge >= 0.3 is 0 Å². The van der Waals surface area contributed by atoms with E-state index in [2.05, 4.69) is 12.2 Å². The molecule has 0 spiro atoms. The third-order valence-corrected chi connectivity index (χ3v) is 3.98. The Labute approximate surface area is 127 Å². The fourth-order valence-electron chi connectivity index (χ4n) is 2.67. The SMILES string of the molecule is COCCC(C)Nc1ccc(OC2CCCCC2O)cc1. The molecule has 1 aromatic carbocycles. The molecule has 0 heterocycles. The third-order valence-electron chi connectivity index (χ3n) is 3.98. The fraction of sp³-hybridized carbons (Fsp3) is 0.647. The van der Waals surface area contributed by atoms with Gasteiger partial charge in [0.1, 0.15) is 11.9 Å². The monoisotopic (exact) mass is 293 g/mol. The van der Waals surface area contributed by atoms with Crippen molar-refractivity contribution in [3.63, 3.8) is 0 Å². The highest BCUT2D eigenvalue weighted by atomic mass is 16.5. The summed E-state index contributed by atoms with van der Waals surface area (Å²) < 4.78 is 11.0. The summed E-state index contributed by atoms with van der Waals surface area (Å²) in [6.07, 6.45) is 4.62. The minimum Gasteiger partial charge on any atom is -0.488 e. The highest BCUT2D eigenvalue weighted by Gasteiger charge is 2.24. The van der Waals surface area contributed by atoms with Crippen molar-refractivity contribution in [3.8, 4) is 5.75 Å². The number of methoxy groups -OCH3 is 1. The Balaban J connectivity index is 1.83. The third kappa shape index (κ3) is 5.21. The molecule has 2 rings (SSSR count). The molecule has 3 atom stereocenters. The number of rotatable bonds is 7. The first-order chi connectivity index (χ1) is 10.2. The molecular weight excluding hydrogens is 266 g/mol. The largest absolute Gasteiger partial charge is 0.488 e. The number of hydrogen-bond acceptors (Lipinski definition) is 4. The van der Waals surface area contributed by atoms with Gasteiger partial charge in [0, 0.05) is 25.4 Å². The van der Waals surface area contributed by atoms with E-state index in [4.69, 9.17) is 9.47 Å². The molecule has 21 heavy (non-hydrogen) atoms. The Morgan fingerprint density at radius 1 is 1.24 bits per heavy atom. The van der Waals surface area contributed by atoms with Crippen LogP contribution in [0.5, 0.6) is 5.75 Å². The molecule has 4 nitrogen and oxygen atoms in total. The van der Waals surface area contributed by atoms with Crippen LogP contribution >= 0.6 is 0 Å². The summed E-state index contributed by atoms with van der Waals surface area (Å²) in [5.41, 5.74) is 1.08. The molecule has 2 N–H and O–H groups in total. The van der Waals surface area contributed by atoms with Crippen LogP contribution in [0.1, 0.15) is 39.0 Å². The van der Waals surface area contributed by atoms with Crippen LogP contribution in [0, 0.1) is 0 Å². The van der Waals surface area contributed by atoms with Gasteiger partial charge in [0.15, 0.2) is 0 Å². The molecule has 4 heteroatoms. The van der Waals surface area contributed by atoms with Gasteiger partial charge in [-0.3, -0.25) is 0 Å². The van der Waals surface area contributed by atoms with Crippen LogP contribution in [0.3, 0.4) is 0 Å². The second kappa shape index (κ2) is 8.25. The van der Waals surface area contributed by atoms with Gasteiger partial charge in [0.2, 0.25) is 0 Å². The summed E-state index contributed by atoms with van der Waals surface area (Å²) in [5.74, 6) is 0.830. The first-order valence-corrected chi connectivity index (χ1v) is 7.89. The number of hydrogen-bond donors (Lipinski definition) is 2. The highest BCUT2D eigenvalue weighted by Crippen LogP contribution is 2.25. The van der Waals surface area contributed by atoms with E-state index >= 15 is 0 Å². The van der Waals surface area contributed by atoms with Gasteiger partial charge in [0.05, 0.1) is 6.10 Å². The molecule has 118 valence electrons. The zero-order chi connectivity index (χ0) is 15.1. The van der Waals surface area contributed by atoms with Crippen LogP contribution in [0.2, 0.25) is 0 Å². The Hall–Kier alpha value is -1.26. The predicted molar refractivity (Wildman–Crippen MR) is 84.9 cm³/mol. The second-order valence-corrected chi connectivity index (χ2v) is 5.86. The average Bonchev–Trinajstić information content (AvgIpc) is 2.49. The van der Waals surface area contributed by atoms with E-state index in [9.17, 15) is 5.11 Å². The van der Waals surface area contributed by atoms with Crippen molar-refractivity contribution < 1.29 is 14.6 Å². The van der Waals surface area contributed by atoms with Crippen LogP contribution < -0.4 is 10.1 Å². The van der Waals surface area contributed by atoms with Gasteiger partial charge in [-0.1, -0.05) is 6.42 Å². The number of aliphatic hydroxyl groups excluding tert-OH is 1. The molecule has 0 saturated heterocycles. The van der Waals surface area contributed by atoms with Gasteiger partial charge < -0.3 is 19.9 Å². The summed E-state index contributed by atoms with van der Waals surface area (Å²) in [4.78, 5) is 0. The number of aliphatic hydroxyl groups is 1. The molecule has 1 fully saturated rings. The number of benzene rings is 1. The van der Waals surface area contributed by atoms with E-state index < -0.39 is 0 Å². The van der Waals surface area contributed by atoms with Crippen molar-refractivity contribution >= 4 is 5.69 Å². The highest BCUT2D eigenvalue weighted by molar-refractivity contribution is 5.47. The summed E-state index contributed by atoms with van der Waals surface area (Å²) >= 11 is 0. The molecule has 0 aromatic heterocycles. The molecule has 1 saturated carbocycles. The lowest BCUT2D eigenvalue weighted by Crippen LogP contribution is -2.34. The van der Waals surface area contributed by atoms with Crippen molar-refractivity contribution in [1.29, 1.82) is 0 Å². The average molecular weight is 293 g/mol. The zero-order valence-electron chi connectivity index (χ0n) is 13.0. The second-order valence-electron chi connectivity index (χ2n) is 5.86. The molecule has 1 aliphatic rings. The first kappa shape index (κ1) is 16.1. The Morgan fingerprint density at radius 2 is 1.95 bits per heavy atom. The molecule has 0 aliphatic heterocycles. The van der Waals surface area contributed by atoms with E-state index in [1.54, 1.807) is 7.11 Å². The van der Waals surface area contributed by atoms with Gasteiger partial charge in [-0.2, -0.15) is 0 Å². The molecular formula is C17H27NO3. The van der Waals surface area contributed by atoms with Crippen molar-refractivity contribution in [2.24, 2.45) is 0 Å². The Morgan fingerprint density at radius 3 is 2.62 bits per heavy atom. The van der Waals surface area contributed by atoms with E-state index in [-0.39, 0.29) is 12.2 Å². The summed E-state index contributed by atoms with van der Waals surface area (Å²) in [6, 6.07) is 8.35. The first-order valence-electron chi connectivity index (χ1n) is 7.89. The van der Waals surface area contributed by atoms with E-state index in [0.717, 1.165) is 50.1 Å². The summed E-state index contributed by atoms with van der Waals surface area (Å²) in [5, 5.41) is 13.4. The summed E-state index contributed by atoms with van der Waals surface area (Å²) in [7, 11) is 1.72. The lowest BCUT2D eigenvalue weighted by molar-refractivity contribution is 0.00688. The molecule has 0 radical (unpaired) electrons. The topological polar surface area (TPSA) is 50.7 Å². The molecule has 1 aliphatic carbocycles. The fourth-order valence-corrected chi connectivity index (χ4v) is 2.67. The van der Waals surface area contributed by atoms with E-state index in [0.29, 0.717) is 6.04 Å². The maximum absolute atomic E-state index is 9.94. The van der Waals surface area contributed by atoms with Gasteiger partial charge in [-0.25, -0.2) is 0 Å². The van der Waals surface area contributed by atoms with Crippen LogP contribution in [0.4, 0.5) is 5.69 Å². The predicted octanol–water partition coefficient (Wildman–Crippen LogP) is 3.21. The van der Waals surface area contributed by atoms with E-state index in [1.165, 1.54) is 0 Å². The van der Waals surface area contributed by atoms with Gasteiger partial charge in [-0.05, 0) is 56.9 Å². The smallest absolute Gasteiger partial charge is 0.124 e. The summed E-state index contributed by atoms with van der Waals surface area (Å²) in [6.45, 7) is 2.90. The molecule has 0 amide bonds. The maximum atomic E-state index is 9.94. The van der Waals surface area contributed by atoms with Crippen LogP contribution in [0.15, 0.2) is 24.3 Å². The zero-order valence-corrected chi connectivity index (χ0v) is 13.0. The lowest BCUT2D eigenvalue weighted by Gasteiger charge is -2.28. The van der Waals surface area contributed by atoms with Crippen LogP contribution in [-0.2, 0) is 4.74 Å². The van der Waals surface area contributed by atoms with Crippen molar-refractivity contribution in [3.05, 3.63) is 24.3 Å². The Kier molecular flexibility index (Phi) is 6.33. The van der Waals surface area contributed by atoms with Gasteiger partial charge in [-0.15, -0.1) is 0 Å². The normalized spacial score (nSPS) is 23.6. The van der Waals surface area contributed by atoms with Crippen molar-refractivity contribution in [2.45, 2.75) is 57.3 Å². The minimum absolute atomic E-state index is 0.0572. The maximum Gasteiger partial charge on any atom is 0.124 e. The molecule has 0 bridgehead atoms. The van der Waals surface area contributed by atoms with Crippen LogP contribution in [-0.4, -0.2) is 37.1 Å². The van der Waals surface area contributed by atoms with Crippen molar-refractivity contribution in [2.75, 3.05) is 19.0 Å². The lowest BCUT2D eigenvalue weighted by atomic mass is 9.95. The van der Waals surface area contributed by atoms with Crippen molar-refractivity contribution in [1.82, 2.24) is 0 Å². The molecule has 3 unspecified atom stereocenters.